The summed E-state index contributed by atoms with van der Waals surface area (Å²) in [4.78, 5) is 4.07. The van der Waals surface area contributed by atoms with Crippen LogP contribution in [-0.2, 0) is 12.8 Å². The molecular weight excluding hydrogens is 208 g/mol. The molecule has 0 aliphatic heterocycles. The highest BCUT2D eigenvalue weighted by Gasteiger charge is 2.18. The van der Waals surface area contributed by atoms with Crippen molar-refractivity contribution in [2.75, 3.05) is 0 Å². The van der Waals surface area contributed by atoms with E-state index in [4.69, 9.17) is 5.73 Å². The van der Waals surface area contributed by atoms with E-state index in [1.54, 1.807) is 0 Å². The number of aromatic nitrogens is 1. The summed E-state index contributed by atoms with van der Waals surface area (Å²) in [5.74, 6) is 0. The third kappa shape index (κ3) is 1.96. The van der Waals surface area contributed by atoms with Crippen LogP contribution in [0.25, 0.3) is 11.1 Å². The number of nitrogens with two attached hydrogens (primary N) is 1. The fourth-order valence-electron chi connectivity index (χ4n) is 2.62. The topological polar surface area (TPSA) is 38.9 Å². The van der Waals surface area contributed by atoms with Gasteiger partial charge in [-0.05, 0) is 53.6 Å². The van der Waals surface area contributed by atoms with Crippen molar-refractivity contribution in [2.45, 2.75) is 25.3 Å². The first-order valence-corrected chi connectivity index (χ1v) is 6.11. The molecule has 86 valence electrons. The van der Waals surface area contributed by atoms with E-state index < -0.39 is 0 Å². The number of hydrogen-bond acceptors (Lipinski definition) is 2. The van der Waals surface area contributed by atoms with Crippen molar-refractivity contribution in [1.82, 2.24) is 4.98 Å². The normalized spacial score (nSPS) is 18.8. The van der Waals surface area contributed by atoms with Crippen molar-refractivity contribution < 1.29 is 0 Å². The summed E-state index contributed by atoms with van der Waals surface area (Å²) in [6.45, 7) is 0. The van der Waals surface area contributed by atoms with Crippen molar-refractivity contribution in [3.8, 4) is 11.1 Å². The van der Waals surface area contributed by atoms with Gasteiger partial charge in [0, 0.05) is 18.4 Å². The van der Waals surface area contributed by atoms with Crippen molar-refractivity contribution in [3.05, 3.63) is 53.9 Å². The van der Waals surface area contributed by atoms with Gasteiger partial charge in [0.1, 0.15) is 0 Å². The first kappa shape index (κ1) is 10.5. The number of hydrogen-bond donors (Lipinski definition) is 1. The summed E-state index contributed by atoms with van der Waals surface area (Å²) >= 11 is 0. The zero-order valence-electron chi connectivity index (χ0n) is 9.76. The van der Waals surface area contributed by atoms with Gasteiger partial charge in [-0.2, -0.15) is 0 Å². The quantitative estimate of drug-likeness (QED) is 0.808. The van der Waals surface area contributed by atoms with Gasteiger partial charge < -0.3 is 5.73 Å². The van der Waals surface area contributed by atoms with Crippen LogP contribution in [0.2, 0.25) is 0 Å². The molecule has 2 N–H and O–H groups in total. The summed E-state index contributed by atoms with van der Waals surface area (Å²) in [7, 11) is 0. The summed E-state index contributed by atoms with van der Waals surface area (Å²) in [5.41, 5.74) is 11.5. The zero-order chi connectivity index (χ0) is 11.7. The van der Waals surface area contributed by atoms with Crippen molar-refractivity contribution in [3.63, 3.8) is 0 Å². The smallest absolute Gasteiger partial charge is 0.0273 e. The average molecular weight is 224 g/mol. The molecule has 0 amide bonds. The predicted molar refractivity (Wildman–Crippen MR) is 69.7 cm³/mol. The number of pyridine rings is 1. The molecule has 2 heteroatoms. The Labute approximate surface area is 102 Å². The van der Waals surface area contributed by atoms with E-state index in [1.165, 1.54) is 22.3 Å². The van der Waals surface area contributed by atoms with Crippen LogP contribution in [0, 0.1) is 0 Å². The zero-order valence-corrected chi connectivity index (χ0v) is 9.76. The van der Waals surface area contributed by atoms with Gasteiger partial charge in [0.05, 0.1) is 0 Å². The monoisotopic (exact) mass is 224 g/mol. The van der Waals surface area contributed by atoms with Gasteiger partial charge in [-0.15, -0.1) is 0 Å². The molecule has 1 heterocycles. The molecule has 0 fully saturated rings. The standard InChI is InChI=1S/C15H16N2/c16-13-5-4-11-2-1-3-14(15(11)10-13)12-6-8-17-9-7-12/h1-3,6-9,13H,4-5,10,16H2/t13-/m1/s1. The molecule has 0 bridgehead atoms. The summed E-state index contributed by atoms with van der Waals surface area (Å²) < 4.78 is 0. The van der Waals surface area contributed by atoms with Crippen molar-refractivity contribution >= 4 is 0 Å². The Balaban J connectivity index is 2.12. The molecular formula is C15H16N2. The summed E-state index contributed by atoms with van der Waals surface area (Å²) in [6, 6.07) is 11.0. The van der Waals surface area contributed by atoms with Crippen LogP contribution in [0.15, 0.2) is 42.7 Å². The van der Waals surface area contributed by atoms with Gasteiger partial charge in [0.2, 0.25) is 0 Å². The molecule has 3 rings (SSSR count). The maximum atomic E-state index is 6.08. The van der Waals surface area contributed by atoms with E-state index in [2.05, 4.69) is 35.3 Å². The molecule has 1 aliphatic rings. The van der Waals surface area contributed by atoms with E-state index in [0.29, 0.717) is 6.04 Å². The summed E-state index contributed by atoms with van der Waals surface area (Å²) in [5, 5.41) is 0. The lowest BCUT2D eigenvalue weighted by atomic mass is 9.84. The van der Waals surface area contributed by atoms with E-state index >= 15 is 0 Å². The van der Waals surface area contributed by atoms with Crippen LogP contribution in [0.3, 0.4) is 0 Å². The lowest BCUT2D eigenvalue weighted by molar-refractivity contribution is 0.577. The Morgan fingerprint density at radius 3 is 2.76 bits per heavy atom. The van der Waals surface area contributed by atoms with Gasteiger partial charge >= 0.3 is 0 Å². The summed E-state index contributed by atoms with van der Waals surface area (Å²) in [6.07, 6.45) is 6.89. The molecule has 17 heavy (non-hydrogen) atoms. The van der Waals surface area contributed by atoms with Gasteiger partial charge in [-0.3, -0.25) is 4.98 Å². The molecule has 0 saturated carbocycles. The molecule has 0 saturated heterocycles. The van der Waals surface area contributed by atoms with Crippen LogP contribution in [0.4, 0.5) is 0 Å². The van der Waals surface area contributed by atoms with E-state index in [0.717, 1.165) is 19.3 Å². The van der Waals surface area contributed by atoms with Crippen LogP contribution in [-0.4, -0.2) is 11.0 Å². The first-order valence-electron chi connectivity index (χ1n) is 6.11. The van der Waals surface area contributed by atoms with Crippen molar-refractivity contribution in [1.29, 1.82) is 0 Å². The fourth-order valence-corrected chi connectivity index (χ4v) is 2.62. The minimum atomic E-state index is 0.311. The second-order valence-corrected chi connectivity index (χ2v) is 4.68. The fraction of sp³-hybridized carbons (Fsp3) is 0.267. The lowest BCUT2D eigenvalue weighted by Crippen LogP contribution is -2.28. The highest BCUT2D eigenvalue weighted by atomic mass is 14.6. The number of benzene rings is 1. The third-order valence-corrected chi connectivity index (χ3v) is 3.52. The molecule has 0 radical (unpaired) electrons. The first-order chi connectivity index (χ1) is 8.34. The Morgan fingerprint density at radius 1 is 1.12 bits per heavy atom. The third-order valence-electron chi connectivity index (χ3n) is 3.52. The Bertz CT molecular complexity index is 520. The van der Waals surface area contributed by atoms with Crippen LogP contribution in [0.1, 0.15) is 17.5 Å². The van der Waals surface area contributed by atoms with E-state index in [9.17, 15) is 0 Å². The molecule has 0 unspecified atom stereocenters. The number of fused-ring (bicyclic) bond motifs is 1. The lowest BCUT2D eigenvalue weighted by Gasteiger charge is -2.24. The highest BCUT2D eigenvalue weighted by Crippen LogP contribution is 2.30. The molecule has 1 aliphatic carbocycles. The van der Waals surface area contributed by atoms with Crippen molar-refractivity contribution in [2.24, 2.45) is 5.73 Å². The molecule has 1 aromatic carbocycles. The molecule has 1 aromatic heterocycles. The van der Waals surface area contributed by atoms with Gasteiger partial charge in [-0.1, -0.05) is 18.2 Å². The second-order valence-electron chi connectivity index (χ2n) is 4.68. The highest BCUT2D eigenvalue weighted by molar-refractivity contribution is 5.68. The SMILES string of the molecule is N[C@@H]1CCc2cccc(-c3ccncc3)c2C1. The Morgan fingerprint density at radius 2 is 1.94 bits per heavy atom. The molecule has 0 spiro atoms. The minimum Gasteiger partial charge on any atom is -0.327 e. The Kier molecular flexibility index (Phi) is 2.65. The molecule has 2 aromatic rings. The minimum absolute atomic E-state index is 0.311. The number of aryl methyl sites for hydroxylation is 1. The average Bonchev–Trinajstić information content (AvgIpc) is 2.39. The number of rotatable bonds is 1. The maximum absolute atomic E-state index is 6.08. The predicted octanol–water partition coefficient (Wildman–Crippen LogP) is 2.56. The van der Waals surface area contributed by atoms with E-state index in [1.807, 2.05) is 12.4 Å². The molecule has 2 nitrogen and oxygen atoms in total. The second kappa shape index (κ2) is 4.30. The maximum Gasteiger partial charge on any atom is 0.0273 e. The number of nitrogens with zero attached hydrogens (tertiary/aromatic N) is 1. The van der Waals surface area contributed by atoms with Crippen LogP contribution >= 0.6 is 0 Å². The Hall–Kier alpha value is -1.67. The molecule has 1 atom stereocenters. The van der Waals surface area contributed by atoms with Gasteiger partial charge in [0.15, 0.2) is 0 Å². The van der Waals surface area contributed by atoms with Crippen LogP contribution in [0.5, 0.6) is 0 Å². The van der Waals surface area contributed by atoms with Gasteiger partial charge in [0.25, 0.3) is 0 Å². The largest absolute Gasteiger partial charge is 0.327 e. The van der Waals surface area contributed by atoms with Gasteiger partial charge in [-0.25, -0.2) is 0 Å². The van der Waals surface area contributed by atoms with Crippen LogP contribution < -0.4 is 5.73 Å². The van der Waals surface area contributed by atoms with E-state index in [-0.39, 0.29) is 0 Å².